The van der Waals surface area contributed by atoms with E-state index in [1.165, 1.54) is 51.6 Å². The summed E-state index contributed by atoms with van der Waals surface area (Å²) in [5.74, 6) is -24.8. The number of H-pyrrole nitrogens is 1. The number of rotatable bonds is 24. The summed E-state index contributed by atoms with van der Waals surface area (Å²) in [6.45, 7) is 13.8. The fourth-order valence-electron chi connectivity index (χ4n) is 21.2. The van der Waals surface area contributed by atoms with Crippen LogP contribution in [-0.4, -0.2) is 183 Å². The van der Waals surface area contributed by atoms with Gasteiger partial charge in [-0.05, 0) is 198 Å². The number of nitrogens with one attached hydrogen (secondary N) is 12. The van der Waals surface area contributed by atoms with Crippen LogP contribution < -0.4 is 58.5 Å². The van der Waals surface area contributed by atoms with E-state index in [0.717, 1.165) is 29.5 Å². The molecule has 6 aliphatic carbocycles. The monoisotopic (exact) mass is 2020 g/mol. The number of aromatic amines is 1. The molecule has 19 rings (SSSR count). The third-order valence-electron chi connectivity index (χ3n) is 28.3. The van der Waals surface area contributed by atoms with Crippen molar-refractivity contribution in [3.63, 3.8) is 0 Å². The first-order chi connectivity index (χ1) is 67.3. The molecule has 9 heterocycles. The third-order valence-corrected chi connectivity index (χ3v) is 29.1. The minimum absolute atomic E-state index is 0.0370. The molecule has 9 aromatic rings. The van der Waals surface area contributed by atoms with E-state index in [1.807, 2.05) is 13.8 Å². The Bertz CT molecular complexity index is 6800. The van der Waals surface area contributed by atoms with Crippen LogP contribution in [0, 0.1) is 77.5 Å². The van der Waals surface area contributed by atoms with E-state index in [9.17, 15) is 117 Å². The van der Waals surface area contributed by atoms with E-state index in [2.05, 4.69) is 80.0 Å². The van der Waals surface area contributed by atoms with Gasteiger partial charge in [-0.25, -0.2) is 39.5 Å². The van der Waals surface area contributed by atoms with Crippen molar-refractivity contribution in [2.75, 3.05) is 42.4 Å². The van der Waals surface area contributed by atoms with Crippen molar-refractivity contribution in [3.8, 4) is 6.07 Å². The van der Waals surface area contributed by atoms with Crippen LogP contribution >= 0.6 is 23.2 Å². The molecule has 11 amide bonds. The highest BCUT2D eigenvalue weighted by atomic mass is 35.5. The smallest absolute Gasteiger partial charge is 0.293 e. The normalized spacial score (nSPS) is 19.6. The number of aromatic nitrogens is 7. The fourth-order valence-corrected chi connectivity index (χ4v) is 21.6. The SMILES string of the molecule is CNC(=O)C1(NC(=O)C(=O)c2c(C)c(C(=O)Nc3ccc(C)c(C#N)c3)n3c2CCC3)CC(F)(F)C1.CNC(=O)C1(NC(=O)C(=O)c2c(C)c(C(=O)Nc3ccc(C)c(Cl)c3)n3c2[C@@H]2C[C@@H]2C3)CC(F)(F)C1.CNC(=O)C1(NC(=O)C(=O)c2c(C)c(C(=O)Nc3ccc(C)c(Cl)c3)n3c2[C@H]2C[C@H]2C3)CC(F)(F)C1.Cc1c(C(=O)C(=O)NC2(c3cn[nH]n3)CC(F)(F)C2)c2n(c1C(=O)Nc1ccc(F)cc1)CCC2. The Morgan fingerprint density at radius 2 is 0.741 bits per heavy atom. The number of fused-ring (bicyclic) bond motifs is 8. The molecule has 6 saturated carbocycles. The number of ketones is 4. The van der Waals surface area contributed by atoms with Crippen molar-refractivity contribution in [1.29, 1.82) is 5.26 Å². The number of carbonyl (C=O) groups excluding carboxylic acids is 15. The highest BCUT2D eigenvalue weighted by Crippen LogP contribution is 2.59. The van der Waals surface area contributed by atoms with Crippen LogP contribution in [0.2, 0.25) is 10.0 Å². The van der Waals surface area contributed by atoms with Crippen LogP contribution in [-0.2, 0) is 78.1 Å². The minimum Gasteiger partial charge on any atom is -0.357 e. The standard InChI is InChI=1S/2C25H25ClF2N4O4.C25H25F2N5O4.C23H21F3N6O3/c2*1-11-4-5-14(7-16(11)26)30-21(34)18-12(2)17(19-15-6-13(15)8-32(18)19)20(33)22(35)31-24(23(36)29-3)9-25(27,28)10-24;1-13-6-7-16(9-15(13)10-28)30-21(34)19-14(2)18(17-5-4-8-32(17)19)20(33)22(35)31-24(23(36)29-3)11-25(26,27)12-24;1-12-17(19(33)21(35)29-22(10-23(25,26)11-22)16-9-27-31-30-16)15-3-2-8-32(15)18(12)20(34)28-14-6-4-13(24)5-7-14/h2*4-5,7,13,15H,6,8-10H2,1-3H3,(H,29,36)(H,30,34)(H,31,35);6-7,9H,4-5,8,11-12H2,1-3H3,(H,29,36)(H,30,34)(H,31,35);4-7,9H,2-3,8,10-11H2,1H3,(H,28,34)(H,29,35)(H,27,30,31)/t2*13-,15-;;/m10../s1. The maximum atomic E-state index is 13.8. The zero-order valence-corrected chi connectivity index (χ0v) is 80.0. The van der Waals surface area contributed by atoms with Gasteiger partial charge in [-0.15, -0.1) is 0 Å². The van der Waals surface area contributed by atoms with E-state index in [4.69, 9.17) is 23.2 Å². The number of amides is 11. The number of alkyl halides is 8. The van der Waals surface area contributed by atoms with E-state index >= 15 is 0 Å². The molecule has 5 aromatic heterocycles. The van der Waals surface area contributed by atoms with Crippen LogP contribution in [0.25, 0.3) is 0 Å². The van der Waals surface area contributed by atoms with Crippen LogP contribution in [0.5, 0.6) is 0 Å². The molecule has 0 spiro atoms. The summed E-state index contributed by atoms with van der Waals surface area (Å²) in [6, 6.07) is 22.4. The van der Waals surface area contributed by atoms with Gasteiger partial charge in [-0.1, -0.05) is 41.4 Å². The number of benzene rings is 4. The molecular formula is C98H96Cl2F9N19O15. The summed E-state index contributed by atoms with van der Waals surface area (Å²) in [7, 11) is 3.81. The molecule has 0 radical (unpaired) electrons. The van der Waals surface area contributed by atoms with Crippen molar-refractivity contribution in [2.45, 2.75) is 222 Å². The number of hydrogen-bond acceptors (Lipinski definition) is 18. The first-order valence-electron chi connectivity index (χ1n) is 45.7. The molecule has 0 saturated heterocycles. The first kappa shape index (κ1) is 101. The summed E-state index contributed by atoms with van der Waals surface area (Å²) in [5.41, 5.74) is 2.45. The molecule has 34 nitrogen and oxygen atoms in total. The maximum absolute atomic E-state index is 13.8. The second kappa shape index (κ2) is 37.4. The van der Waals surface area contributed by atoms with Gasteiger partial charge in [-0.3, -0.25) is 71.9 Å². The Balaban J connectivity index is 0.000000137. The van der Waals surface area contributed by atoms with Gasteiger partial charge in [0.25, 0.3) is 94.1 Å². The van der Waals surface area contributed by atoms with Crippen molar-refractivity contribution in [3.05, 3.63) is 219 Å². The topological polar surface area (TPSA) is 473 Å². The van der Waals surface area contributed by atoms with Gasteiger partial charge in [0.1, 0.15) is 50.9 Å². The summed E-state index contributed by atoms with van der Waals surface area (Å²) < 4.78 is 129. The Labute approximate surface area is 819 Å². The quantitative estimate of drug-likeness (QED) is 0.0152. The Hall–Kier alpha value is -14.6. The number of halogens is 11. The number of anilines is 4. The highest BCUT2D eigenvalue weighted by Gasteiger charge is 2.66. The largest absolute Gasteiger partial charge is 0.357 e. The molecule has 0 bridgehead atoms. The zero-order valence-electron chi connectivity index (χ0n) is 78.5. The number of Topliss-reactive ketones (excluding diaryl/α,β-unsaturated/α-hetero) is 4. The average molecular weight is 2020 g/mol. The number of carbonyl (C=O) groups is 15. The lowest BCUT2D eigenvalue weighted by Gasteiger charge is -2.46. The Morgan fingerprint density at radius 3 is 1.08 bits per heavy atom. The number of aryl methyl sites for hydroxylation is 3. The molecule has 4 aromatic carbocycles. The molecule has 12 N–H and O–H groups in total. The van der Waals surface area contributed by atoms with Crippen LogP contribution in [0.15, 0.2) is 85.1 Å². The predicted octanol–water partition coefficient (Wildman–Crippen LogP) is 11.9. The summed E-state index contributed by atoms with van der Waals surface area (Å²) in [6.07, 6.45) is -1.59. The number of nitrogens with zero attached hydrogens (tertiary/aromatic N) is 7. The lowest BCUT2D eigenvalue weighted by molar-refractivity contribution is -0.164. The average Bonchev–Trinajstić information content (AvgIpc) is 1.54. The molecule has 10 aliphatic rings. The first-order valence-corrected chi connectivity index (χ1v) is 46.5. The summed E-state index contributed by atoms with van der Waals surface area (Å²) in [4.78, 5) is 195. The van der Waals surface area contributed by atoms with E-state index < -0.39 is 191 Å². The lowest BCUT2D eigenvalue weighted by Crippen LogP contribution is -2.69. The fraction of sp³-hybridized carbons (Fsp3) is 0.408. The van der Waals surface area contributed by atoms with Gasteiger partial charge in [0, 0.05) is 166 Å². The molecule has 143 heavy (non-hydrogen) atoms. The van der Waals surface area contributed by atoms with Gasteiger partial charge in [0.05, 0.1) is 45.6 Å². The summed E-state index contributed by atoms with van der Waals surface area (Å²) in [5, 5.41) is 47.1. The second-order valence-electron chi connectivity index (χ2n) is 38.3. The molecular weight excluding hydrogens is 1930 g/mol. The molecule has 45 heteroatoms. The Morgan fingerprint density at radius 1 is 0.420 bits per heavy atom. The van der Waals surface area contributed by atoms with Crippen molar-refractivity contribution < 1.29 is 111 Å². The van der Waals surface area contributed by atoms with Crippen LogP contribution in [0.4, 0.5) is 62.3 Å². The van der Waals surface area contributed by atoms with Crippen molar-refractivity contribution in [2.24, 2.45) is 11.8 Å². The second-order valence-corrected chi connectivity index (χ2v) is 39.1. The van der Waals surface area contributed by atoms with Crippen molar-refractivity contribution in [1.82, 2.24) is 70.9 Å². The lowest BCUT2D eigenvalue weighted by atomic mass is 9.71. The Kier molecular flexibility index (Phi) is 26.5. The van der Waals surface area contributed by atoms with Gasteiger partial charge >= 0.3 is 0 Å². The van der Waals surface area contributed by atoms with Gasteiger partial charge in [0.2, 0.25) is 17.7 Å². The van der Waals surface area contributed by atoms with E-state index in [-0.39, 0.29) is 80.0 Å². The zero-order chi connectivity index (χ0) is 104. The van der Waals surface area contributed by atoms with Crippen LogP contribution in [0.3, 0.4) is 0 Å². The van der Waals surface area contributed by atoms with E-state index in [0.29, 0.717) is 130 Å². The molecule has 750 valence electrons. The molecule has 4 aliphatic heterocycles. The number of likely N-dealkylation sites (N-methyl/N-ethyl adjacent to an activating group) is 3. The minimum atomic E-state index is -3.12. The number of nitriles is 1. The molecule has 0 unspecified atom stereocenters. The predicted molar refractivity (Wildman–Crippen MR) is 497 cm³/mol. The summed E-state index contributed by atoms with van der Waals surface area (Å²) >= 11 is 12.3. The van der Waals surface area contributed by atoms with Crippen molar-refractivity contribution >= 4 is 134 Å². The highest BCUT2D eigenvalue weighted by molar-refractivity contribution is 6.46. The van der Waals surface area contributed by atoms with Gasteiger partial charge < -0.3 is 76.8 Å². The maximum Gasteiger partial charge on any atom is 0.293 e. The third kappa shape index (κ3) is 18.9. The number of hydrogen-bond donors (Lipinski definition) is 12. The van der Waals surface area contributed by atoms with Crippen LogP contribution in [0.1, 0.15) is 245 Å². The van der Waals surface area contributed by atoms with Gasteiger partial charge in [0.15, 0.2) is 0 Å². The van der Waals surface area contributed by atoms with Gasteiger partial charge in [-0.2, -0.15) is 20.7 Å². The molecule has 4 atom stereocenters. The van der Waals surface area contributed by atoms with E-state index in [1.54, 1.807) is 107 Å². The molecule has 6 fully saturated rings.